The largest absolute Gasteiger partial charge is 0.283 e. The fourth-order valence-electron chi connectivity index (χ4n) is 2.24. The minimum absolute atomic E-state index is 0.143. The van der Waals surface area contributed by atoms with Crippen LogP contribution in [0.25, 0.3) is 0 Å². The number of rotatable bonds is 3. The van der Waals surface area contributed by atoms with Crippen molar-refractivity contribution in [2.45, 2.75) is 24.3 Å². The molecule has 0 saturated carbocycles. The summed E-state index contributed by atoms with van der Waals surface area (Å²) >= 11 is 0. The molecule has 0 unspecified atom stereocenters. The predicted molar refractivity (Wildman–Crippen MR) is 74.2 cm³/mol. The molecule has 1 saturated heterocycles. The molecule has 0 aliphatic carbocycles. The van der Waals surface area contributed by atoms with Gasteiger partial charge in [-0.15, -0.1) is 0 Å². The Balaban J connectivity index is 2.14. The summed E-state index contributed by atoms with van der Waals surface area (Å²) in [6.45, 7) is 5.06. The first kappa shape index (κ1) is 15.8. The molecule has 0 N–H and O–H groups in total. The van der Waals surface area contributed by atoms with Crippen LogP contribution in [-0.4, -0.2) is 54.3 Å². The van der Waals surface area contributed by atoms with Gasteiger partial charge in [0, 0.05) is 32.4 Å². The second-order valence-electron chi connectivity index (χ2n) is 5.40. The van der Waals surface area contributed by atoms with Crippen molar-refractivity contribution in [2.75, 3.05) is 26.2 Å². The van der Waals surface area contributed by atoms with E-state index < -0.39 is 21.4 Å². The van der Waals surface area contributed by atoms with Crippen LogP contribution in [0.5, 0.6) is 0 Å². The van der Waals surface area contributed by atoms with Gasteiger partial charge in [0.15, 0.2) is 0 Å². The zero-order valence-electron chi connectivity index (χ0n) is 12.0. The molecule has 1 aliphatic rings. The quantitative estimate of drug-likeness (QED) is 0.826. The van der Waals surface area contributed by atoms with Gasteiger partial charge in [-0.05, 0) is 19.9 Å². The first-order valence-electron chi connectivity index (χ1n) is 6.54. The van der Waals surface area contributed by atoms with Gasteiger partial charge in [-0.25, -0.2) is 12.8 Å². The minimum Gasteiger partial charge on any atom is -0.283 e. The van der Waals surface area contributed by atoms with Crippen molar-refractivity contribution in [1.29, 1.82) is 5.26 Å². The fraction of sp³-hybridized carbons (Fsp3) is 0.538. The monoisotopic (exact) mass is 312 g/mol. The molecule has 2 heterocycles. The molecule has 6 nitrogen and oxygen atoms in total. The van der Waals surface area contributed by atoms with E-state index in [0.29, 0.717) is 13.1 Å². The second-order valence-corrected chi connectivity index (χ2v) is 7.34. The van der Waals surface area contributed by atoms with Gasteiger partial charge in [0.25, 0.3) is 0 Å². The van der Waals surface area contributed by atoms with Crippen LogP contribution in [-0.2, 0) is 10.0 Å². The maximum atomic E-state index is 13.1. The third-order valence-corrected chi connectivity index (χ3v) is 5.48. The first-order valence-corrected chi connectivity index (χ1v) is 7.98. The van der Waals surface area contributed by atoms with Gasteiger partial charge < -0.3 is 0 Å². The molecular weight excluding hydrogens is 295 g/mol. The van der Waals surface area contributed by atoms with Crippen molar-refractivity contribution in [3.05, 3.63) is 24.3 Å². The van der Waals surface area contributed by atoms with Crippen molar-refractivity contribution in [1.82, 2.24) is 14.2 Å². The lowest BCUT2D eigenvalue weighted by Gasteiger charge is -2.39. The van der Waals surface area contributed by atoms with Gasteiger partial charge in [-0.3, -0.25) is 9.88 Å². The molecule has 0 radical (unpaired) electrons. The van der Waals surface area contributed by atoms with Gasteiger partial charge in [-0.2, -0.15) is 9.57 Å². The summed E-state index contributed by atoms with van der Waals surface area (Å²) < 4.78 is 39.2. The molecule has 0 spiro atoms. The van der Waals surface area contributed by atoms with Crippen LogP contribution in [0.3, 0.4) is 0 Å². The van der Waals surface area contributed by atoms with Crippen molar-refractivity contribution >= 4 is 10.0 Å². The highest BCUT2D eigenvalue weighted by Gasteiger charge is 2.34. The lowest BCUT2D eigenvalue weighted by molar-refractivity contribution is 0.115. The summed E-state index contributed by atoms with van der Waals surface area (Å²) in [6, 6.07) is 3.17. The highest BCUT2D eigenvalue weighted by molar-refractivity contribution is 7.89. The summed E-state index contributed by atoms with van der Waals surface area (Å²) in [5.41, 5.74) is -0.629. The molecule has 21 heavy (non-hydrogen) atoms. The van der Waals surface area contributed by atoms with Crippen molar-refractivity contribution in [2.24, 2.45) is 0 Å². The molecule has 8 heteroatoms. The number of sulfonamides is 1. The number of piperazine rings is 1. The Morgan fingerprint density at radius 2 is 1.90 bits per heavy atom. The molecule has 1 aromatic heterocycles. The number of hydrogen-bond acceptors (Lipinski definition) is 5. The average Bonchev–Trinajstić information content (AvgIpc) is 2.47. The molecule has 2 rings (SSSR count). The lowest BCUT2D eigenvalue weighted by atomic mass is 10.0. The summed E-state index contributed by atoms with van der Waals surface area (Å²) in [7, 11) is -3.74. The number of nitrogens with zero attached hydrogens (tertiary/aromatic N) is 4. The van der Waals surface area contributed by atoms with Gasteiger partial charge in [0.2, 0.25) is 10.0 Å². The minimum atomic E-state index is -3.74. The topological polar surface area (TPSA) is 77.3 Å². The van der Waals surface area contributed by atoms with E-state index in [-0.39, 0.29) is 18.0 Å². The lowest BCUT2D eigenvalue weighted by Crippen LogP contribution is -2.55. The summed E-state index contributed by atoms with van der Waals surface area (Å²) in [6.07, 6.45) is 2.11. The number of halogens is 1. The van der Waals surface area contributed by atoms with E-state index in [2.05, 4.69) is 11.1 Å². The van der Waals surface area contributed by atoms with Crippen molar-refractivity contribution in [3.63, 3.8) is 0 Å². The van der Waals surface area contributed by atoms with Crippen LogP contribution in [0, 0.1) is 17.1 Å². The van der Waals surface area contributed by atoms with E-state index >= 15 is 0 Å². The zero-order valence-corrected chi connectivity index (χ0v) is 12.8. The SMILES string of the molecule is CC(C)(C#N)N1CCN(S(=O)(=O)c2cncc(F)c2)CC1. The van der Waals surface area contributed by atoms with Crippen LogP contribution in [0.15, 0.2) is 23.4 Å². The van der Waals surface area contributed by atoms with Crippen LogP contribution in [0.4, 0.5) is 4.39 Å². The Bertz CT molecular complexity index is 661. The maximum Gasteiger partial charge on any atom is 0.244 e. The van der Waals surface area contributed by atoms with Gasteiger partial charge >= 0.3 is 0 Å². The molecule has 1 aromatic rings. The zero-order chi connectivity index (χ0) is 15.7. The third-order valence-electron chi connectivity index (χ3n) is 3.62. The van der Waals surface area contributed by atoms with Gasteiger partial charge in [0.05, 0.1) is 12.3 Å². The van der Waals surface area contributed by atoms with Crippen LogP contribution < -0.4 is 0 Å². The molecule has 1 aliphatic heterocycles. The number of pyridine rings is 1. The highest BCUT2D eigenvalue weighted by atomic mass is 32.2. The molecule has 0 bridgehead atoms. The maximum absolute atomic E-state index is 13.1. The summed E-state index contributed by atoms with van der Waals surface area (Å²) in [4.78, 5) is 5.37. The van der Waals surface area contributed by atoms with E-state index in [1.54, 1.807) is 13.8 Å². The Morgan fingerprint density at radius 3 is 2.43 bits per heavy atom. The van der Waals surface area contributed by atoms with E-state index in [0.717, 1.165) is 18.5 Å². The van der Waals surface area contributed by atoms with Crippen LogP contribution in [0.2, 0.25) is 0 Å². The van der Waals surface area contributed by atoms with Crippen LogP contribution in [0.1, 0.15) is 13.8 Å². The standard InChI is InChI=1S/C13H17FN4O2S/c1-13(2,10-15)17-3-5-18(6-4-17)21(19,20)12-7-11(14)8-16-9-12/h7-9H,3-6H2,1-2H3. The predicted octanol–water partition coefficient (Wildman–Crippen LogP) is 0.829. The smallest absolute Gasteiger partial charge is 0.244 e. The number of hydrogen-bond donors (Lipinski definition) is 0. The first-order chi connectivity index (χ1) is 9.77. The number of nitriles is 1. The van der Waals surface area contributed by atoms with Crippen LogP contribution >= 0.6 is 0 Å². The summed E-state index contributed by atoms with van der Waals surface area (Å²) in [5.74, 6) is -0.680. The van der Waals surface area contributed by atoms with E-state index in [9.17, 15) is 12.8 Å². The van der Waals surface area contributed by atoms with Gasteiger partial charge in [-0.1, -0.05) is 0 Å². The molecule has 0 atom stereocenters. The Labute approximate surface area is 123 Å². The molecule has 1 fully saturated rings. The van der Waals surface area contributed by atoms with E-state index in [4.69, 9.17) is 5.26 Å². The van der Waals surface area contributed by atoms with Gasteiger partial charge in [0.1, 0.15) is 16.3 Å². The highest BCUT2D eigenvalue weighted by Crippen LogP contribution is 2.21. The molecule has 114 valence electrons. The number of aromatic nitrogens is 1. The van der Waals surface area contributed by atoms with E-state index in [1.807, 2.05) is 4.90 Å². The van der Waals surface area contributed by atoms with Crippen molar-refractivity contribution < 1.29 is 12.8 Å². The molecule has 0 amide bonds. The molecular formula is C13H17FN4O2S. The Morgan fingerprint density at radius 1 is 1.29 bits per heavy atom. The second kappa shape index (κ2) is 5.67. The fourth-order valence-corrected chi connectivity index (χ4v) is 3.64. The Hall–Kier alpha value is -1.56. The van der Waals surface area contributed by atoms with Crippen molar-refractivity contribution in [3.8, 4) is 6.07 Å². The Kier molecular flexibility index (Phi) is 4.27. The third kappa shape index (κ3) is 3.20. The average molecular weight is 312 g/mol. The van der Waals surface area contributed by atoms with E-state index in [1.165, 1.54) is 4.31 Å². The molecule has 0 aromatic carbocycles. The summed E-state index contributed by atoms with van der Waals surface area (Å²) in [5, 5.41) is 9.11. The normalized spacial score (nSPS) is 18.4.